The van der Waals surface area contributed by atoms with Crippen LogP contribution in [0.4, 0.5) is 29.0 Å². The number of pyridine rings is 1. The van der Waals surface area contributed by atoms with E-state index in [9.17, 15) is 0 Å². The van der Waals surface area contributed by atoms with Crippen LogP contribution in [0.2, 0.25) is 0 Å². The summed E-state index contributed by atoms with van der Waals surface area (Å²) in [6.07, 6.45) is 5.75. The molecule has 0 aliphatic carbocycles. The first kappa shape index (κ1) is 27.3. The fourth-order valence-corrected chi connectivity index (χ4v) is 5.29. The van der Waals surface area contributed by atoms with Crippen LogP contribution in [0.3, 0.4) is 0 Å². The molecule has 0 spiro atoms. The monoisotopic (exact) mass is 557 g/mol. The molecule has 1 saturated heterocycles. The molecular weight excluding hydrogens is 522 g/mol. The summed E-state index contributed by atoms with van der Waals surface area (Å²) in [6, 6.07) is 29.2. The van der Waals surface area contributed by atoms with Gasteiger partial charge in [0.1, 0.15) is 17.3 Å². The van der Waals surface area contributed by atoms with Crippen LogP contribution in [0.15, 0.2) is 97.3 Å². The highest BCUT2D eigenvalue weighted by atomic mass is 15.2. The number of hydrogen-bond acceptors (Lipinski definition) is 9. The van der Waals surface area contributed by atoms with Gasteiger partial charge in [-0.05, 0) is 80.9 Å². The lowest BCUT2D eigenvalue weighted by molar-refractivity contribution is 0.200. The van der Waals surface area contributed by atoms with Crippen LogP contribution in [0.5, 0.6) is 0 Å². The minimum Gasteiger partial charge on any atom is -0.371 e. The molecule has 0 bridgehead atoms. The van der Waals surface area contributed by atoms with E-state index in [1.807, 2.05) is 31.2 Å². The molecule has 0 saturated carbocycles. The van der Waals surface area contributed by atoms with Crippen LogP contribution in [0.1, 0.15) is 24.1 Å². The summed E-state index contributed by atoms with van der Waals surface area (Å²) in [6.45, 7) is 5.05. The normalized spacial score (nSPS) is 13.7. The van der Waals surface area contributed by atoms with Crippen LogP contribution in [-0.2, 0) is 6.54 Å². The largest absolute Gasteiger partial charge is 0.371 e. The first-order chi connectivity index (χ1) is 20.6. The highest BCUT2D eigenvalue weighted by Gasteiger charge is 2.22. The van der Waals surface area contributed by atoms with E-state index >= 15 is 0 Å². The molecule has 212 valence electrons. The number of nitrogens with one attached hydrogen (secondary N) is 2. The maximum absolute atomic E-state index is 4.62. The molecule has 3 aromatic heterocycles. The lowest BCUT2D eigenvalue weighted by Gasteiger charge is -2.38. The van der Waals surface area contributed by atoms with Gasteiger partial charge in [-0.25, -0.2) is 19.9 Å². The summed E-state index contributed by atoms with van der Waals surface area (Å²) in [4.78, 5) is 27.5. The molecular formula is C33H35N9. The molecule has 0 unspecified atom stereocenters. The zero-order chi connectivity index (χ0) is 28.7. The lowest BCUT2D eigenvalue weighted by Crippen LogP contribution is -2.43. The molecule has 2 aromatic carbocycles. The Morgan fingerprint density at radius 2 is 1.50 bits per heavy atom. The van der Waals surface area contributed by atoms with Crippen LogP contribution >= 0.6 is 0 Å². The molecule has 5 aromatic rings. The number of hydrogen-bond donors (Lipinski definition) is 2. The third-order valence-corrected chi connectivity index (χ3v) is 7.54. The Hall–Kier alpha value is -4.89. The van der Waals surface area contributed by atoms with E-state index in [-0.39, 0.29) is 0 Å². The topological polar surface area (TPSA) is 95.0 Å². The molecule has 0 radical (unpaired) electrons. The number of aromatic nitrogens is 5. The number of benzene rings is 2. The Kier molecular flexibility index (Phi) is 8.28. The van der Waals surface area contributed by atoms with Gasteiger partial charge in [-0.15, -0.1) is 0 Å². The second-order valence-electron chi connectivity index (χ2n) is 10.6. The summed E-state index contributed by atoms with van der Waals surface area (Å²) < 4.78 is 0. The molecule has 1 aliphatic heterocycles. The van der Waals surface area contributed by atoms with Crippen molar-refractivity contribution in [3.63, 3.8) is 0 Å². The molecule has 9 heteroatoms. The van der Waals surface area contributed by atoms with Crippen LogP contribution < -0.4 is 15.5 Å². The lowest BCUT2D eigenvalue weighted by atomic mass is 10.0. The van der Waals surface area contributed by atoms with Gasteiger partial charge < -0.3 is 15.5 Å². The standard InChI is InChI=1S/C33H35N9/c1-24-7-6-10-29(36-24)32-34-19-15-30(39-32)38-31-16-20-35-33(40-31)37-26-11-13-28(14-12-26)42-21-17-27(18-22-42)41(2)23-25-8-4-3-5-9-25/h3-16,19-20,27H,17-18,21-23H2,1-2H3,(H2,34,35,37,38,39,40). The third kappa shape index (κ3) is 6.87. The molecule has 9 nitrogen and oxygen atoms in total. The van der Waals surface area contributed by atoms with Gasteiger partial charge in [-0.2, -0.15) is 4.98 Å². The Bertz CT molecular complexity index is 1600. The van der Waals surface area contributed by atoms with Gasteiger partial charge in [0.25, 0.3) is 0 Å². The van der Waals surface area contributed by atoms with Gasteiger partial charge in [0, 0.05) is 55.1 Å². The van der Waals surface area contributed by atoms with Crippen molar-refractivity contribution in [3.05, 3.63) is 109 Å². The Morgan fingerprint density at radius 1 is 0.762 bits per heavy atom. The second-order valence-corrected chi connectivity index (χ2v) is 10.6. The van der Waals surface area contributed by atoms with Crippen molar-refractivity contribution in [2.24, 2.45) is 0 Å². The maximum Gasteiger partial charge on any atom is 0.229 e. The van der Waals surface area contributed by atoms with Crippen molar-refractivity contribution in [1.82, 2.24) is 29.8 Å². The molecule has 2 N–H and O–H groups in total. The predicted octanol–water partition coefficient (Wildman–Crippen LogP) is 6.23. The number of anilines is 5. The number of piperidine rings is 1. The highest BCUT2D eigenvalue weighted by Crippen LogP contribution is 2.26. The molecule has 0 amide bonds. The summed E-state index contributed by atoms with van der Waals surface area (Å²) in [5.74, 6) is 2.32. The number of aryl methyl sites for hydroxylation is 1. The Balaban J connectivity index is 1.04. The smallest absolute Gasteiger partial charge is 0.229 e. The molecule has 4 heterocycles. The third-order valence-electron chi connectivity index (χ3n) is 7.54. The van der Waals surface area contributed by atoms with E-state index in [0.717, 1.165) is 49.6 Å². The number of rotatable bonds is 9. The molecule has 1 aliphatic rings. The molecule has 42 heavy (non-hydrogen) atoms. The molecule has 1 fully saturated rings. The van der Waals surface area contributed by atoms with E-state index in [2.05, 4.69) is 107 Å². The summed E-state index contributed by atoms with van der Waals surface area (Å²) in [5.41, 5.74) is 5.19. The average molecular weight is 558 g/mol. The minimum atomic E-state index is 0.504. The van der Waals surface area contributed by atoms with Gasteiger partial charge >= 0.3 is 0 Å². The van der Waals surface area contributed by atoms with E-state index < -0.39 is 0 Å². The average Bonchev–Trinajstić information content (AvgIpc) is 3.02. The van der Waals surface area contributed by atoms with E-state index in [1.165, 1.54) is 11.3 Å². The second kappa shape index (κ2) is 12.7. The van der Waals surface area contributed by atoms with Gasteiger partial charge in [-0.3, -0.25) is 4.90 Å². The van der Waals surface area contributed by atoms with Crippen molar-refractivity contribution in [2.75, 3.05) is 35.7 Å². The Morgan fingerprint density at radius 3 is 2.26 bits per heavy atom. The summed E-state index contributed by atoms with van der Waals surface area (Å²) >= 11 is 0. The van der Waals surface area contributed by atoms with Gasteiger partial charge in [0.2, 0.25) is 5.95 Å². The maximum atomic E-state index is 4.62. The van der Waals surface area contributed by atoms with E-state index in [1.54, 1.807) is 18.5 Å². The molecule has 6 rings (SSSR count). The highest BCUT2D eigenvalue weighted by molar-refractivity contribution is 5.62. The quantitative estimate of drug-likeness (QED) is 0.219. The van der Waals surface area contributed by atoms with Gasteiger partial charge in [0.05, 0.1) is 0 Å². The van der Waals surface area contributed by atoms with E-state index in [0.29, 0.717) is 29.5 Å². The van der Waals surface area contributed by atoms with Crippen molar-refractivity contribution in [3.8, 4) is 11.5 Å². The Labute approximate surface area is 246 Å². The van der Waals surface area contributed by atoms with Crippen molar-refractivity contribution in [1.29, 1.82) is 0 Å². The summed E-state index contributed by atoms with van der Waals surface area (Å²) in [7, 11) is 2.24. The first-order valence-corrected chi connectivity index (χ1v) is 14.3. The van der Waals surface area contributed by atoms with Gasteiger partial charge in [-0.1, -0.05) is 36.4 Å². The fourth-order valence-electron chi connectivity index (χ4n) is 5.29. The zero-order valence-corrected chi connectivity index (χ0v) is 24.0. The zero-order valence-electron chi connectivity index (χ0n) is 24.0. The SMILES string of the molecule is Cc1cccc(-c2nccc(Nc3ccnc(Nc4ccc(N5CCC(N(C)Cc6ccccc6)CC5)cc4)n3)n2)n1. The van der Waals surface area contributed by atoms with Crippen molar-refractivity contribution in [2.45, 2.75) is 32.4 Å². The van der Waals surface area contributed by atoms with Crippen LogP contribution in [0.25, 0.3) is 11.5 Å². The van der Waals surface area contributed by atoms with Crippen molar-refractivity contribution >= 4 is 29.0 Å². The molecule has 0 atom stereocenters. The minimum absolute atomic E-state index is 0.504. The van der Waals surface area contributed by atoms with E-state index in [4.69, 9.17) is 0 Å². The van der Waals surface area contributed by atoms with Crippen molar-refractivity contribution < 1.29 is 0 Å². The van der Waals surface area contributed by atoms with Crippen LogP contribution in [0, 0.1) is 6.92 Å². The number of nitrogens with zero attached hydrogens (tertiary/aromatic N) is 7. The summed E-state index contributed by atoms with van der Waals surface area (Å²) in [5, 5.41) is 6.57. The van der Waals surface area contributed by atoms with Crippen LogP contribution in [-0.4, -0.2) is 56.0 Å². The first-order valence-electron chi connectivity index (χ1n) is 14.3. The fraction of sp³-hybridized carbons (Fsp3) is 0.242. The predicted molar refractivity (Wildman–Crippen MR) is 168 cm³/mol. The van der Waals surface area contributed by atoms with Gasteiger partial charge in [0.15, 0.2) is 5.82 Å².